The van der Waals surface area contributed by atoms with E-state index in [2.05, 4.69) is 5.32 Å². The molecule has 0 saturated carbocycles. The fourth-order valence-electron chi connectivity index (χ4n) is 3.43. The third kappa shape index (κ3) is 2.68. The monoisotopic (exact) mass is 293 g/mol. The average molecular weight is 293 g/mol. The molecule has 114 valence electrons. The summed E-state index contributed by atoms with van der Waals surface area (Å²) >= 11 is 0. The second kappa shape index (κ2) is 5.73. The Labute approximate surface area is 123 Å². The number of ether oxygens (including phenoxy) is 2. The number of carbonyl (C=O) groups is 1. The van der Waals surface area contributed by atoms with E-state index in [1.807, 2.05) is 6.07 Å². The second-order valence-electron chi connectivity index (χ2n) is 5.83. The minimum absolute atomic E-state index is 0.0263. The van der Waals surface area contributed by atoms with Gasteiger partial charge in [0, 0.05) is 12.6 Å². The molecule has 2 fully saturated rings. The molecular weight excluding hydrogens is 273 g/mol. The Kier molecular flexibility index (Phi) is 3.95. The Morgan fingerprint density at radius 3 is 2.90 bits per heavy atom. The lowest BCUT2D eigenvalue weighted by Gasteiger charge is -2.27. The van der Waals surface area contributed by atoms with Crippen LogP contribution in [0.4, 0.5) is 4.39 Å². The summed E-state index contributed by atoms with van der Waals surface area (Å²) in [6.45, 7) is 2.34. The van der Waals surface area contributed by atoms with Gasteiger partial charge in [0.2, 0.25) is 0 Å². The number of hydrogen-bond donors (Lipinski definition) is 1. The predicted molar refractivity (Wildman–Crippen MR) is 75.2 cm³/mol. The van der Waals surface area contributed by atoms with Crippen molar-refractivity contribution in [2.45, 2.75) is 44.6 Å². The molecule has 21 heavy (non-hydrogen) atoms. The van der Waals surface area contributed by atoms with Gasteiger partial charge in [0.05, 0.1) is 19.3 Å². The van der Waals surface area contributed by atoms with E-state index >= 15 is 0 Å². The van der Waals surface area contributed by atoms with E-state index in [1.165, 1.54) is 13.2 Å². The number of hydrogen-bond acceptors (Lipinski definition) is 4. The smallest absolute Gasteiger partial charge is 0.313 e. The molecule has 4 nitrogen and oxygen atoms in total. The first-order chi connectivity index (χ1) is 10.1. The summed E-state index contributed by atoms with van der Waals surface area (Å²) < 4.78 is 24.0. The number of aryl methyl sites for hydroxylation is 1. The van der Waals surface area contributed by atoms with Gasteiger partial charge in [-0.25, -0.2) is 4.39 Å². The maximum absolute atomic E-state index is 13.3. The van der Waals surface area contributed by atoms with Gasteiger partial charge in [0.15, 0.2) is 0 Å². The van der Waals surface area contributed by atoms with E-state index < -0.39 is 0 Å². The Balaban J connectivity index is 1.68. The number of benzene rings is 1. The first-order valence-corrected chi connectivity index (χ1v) is 7.32. The summed E-state index contributed by atoms with van der Waals surface area (Å²) in [7, 11) is 1.41. The summed E-state index contributed by atoms with van der Waals surface area (Å²) in [5.74, 6) is -0.653. The van der Waals surface area contributed by atoms with Crippen LogP contribution in [0, 0.1) is 18.7 Å². The second-order valence-corrected chi connectivity index (χ2v) is 5.83. The SMILES string of the molecule is COC(=O)C1C(NCc2ccc(F)c(C)c2)[C@@H]2CC[C@H]1O2. The van der Waals surface area contributed by atoms with Gasteiger partial charge < -0.3 is 14.8 Å². The molecule has 2 aliphatic rings. The third-order valence-electron chi connectivity index (χ3n) is 4.51. The number of nitrogens with one attached hydrogen (secondary N) is 1. The number of rotatable bonds is 4. The summed E-state index contributed by atoms with van der Waals surface area (Å²) in [5.41, 5.74) is 1.63. The van der Waals surface area contributed by atoms with Crippen molar-refractivity contribution in [3.63, 3.8) is 0 Å². The Morgan fingerprint density at radius 2 is 2.19 bits per heavy atom. The number of fused-ring (bicyclic) bond motifs is 2. The lowest BCUT2D eigenvalue weighted by Crippen LogP contribution is -2.47. The molecule has 3 rings (SSSR count). The van der Waals surface area contributed by atoms with Crippen LogP contribution in [0.3, 0.4) is 0 Å². The van der Waals surface area contributed by atoms with Crippen LogP contribution in [0.1, 0.15) is 24.0 Å². The average Bonchev–Trinajstić information content (AvgIpc) is 3.08. The van der Waals surface area contributed by atoms with Gasteiger partial charge in [-0.2, -0.15) is 0 Å². The van der Waals surface area contributed by atoms with Crippen LogP contribution in [0.25, 0.3) is 0 Å². The highest BCUT2D eigenvalue weighted by Gasteiger charge is 2.52. The van der Waals surface area contributed by atoms with Gasteiger partial charge in [-0.05, 0) is 37.0 Å². The van der Waals surface area contributed by atoms with E-state index in [-0.39, 0.29) is 36.0 Å². The standard InChI is InChI=1S/C16H20FNO3/c1-9-7-10(3-4-11(9)17)8-18-15-13-6-5-12(21-13)14(15)16(19)20-2/h3-4,7,12-15,18H,5-6,8H2,1-2H3/t12-,13+,14?,15?/m1/s1. The number of methoxy groups -OCH3 is 1. The quantitative estimate of drug-likeness (QED) is 0.862. The normalized spacial score (nSPS) is 30.6. The highest BCUT2D eigenvalue weighted by atomic mass is 19.1. The van der Waals surface area contributed by atoms with Gasteiger partial charge in [-0.15, -0.1) is 0 Å². The molecule has 5 heteroatoms. The highest BCUT2D eigenvalue weighted by Crippen LogP contribution is 2.39. The van der Waals surface area contributed by atoms with Crippen molar-refractivity contribution in [2.75, 3.05) is 7.11 Å². The molecular formula is C16H20FNO3. The molecule has 0 aliphatic carbocycles. The van der Waals surface area contributed by atoms with Crippen molar-refractivity contribution in [1.29, 1.82) is 0 Å². The Hall–Kier alpha value is -1.46. The van der Waals surface area contributed by atoms with Gasteiger partial charge in [0.25, 0.3) is 0 Å². The maximum atomic E-state index is 13.3. The van der Waals surface area contributed by atoms with Gasteiger partial charge in [-0.1, -0.05) is 12.1 Å². The molecule has 2 heterocycles. The van der Waals surface area contributed by atoms with Crippen LogP contribution in [0.5, 0.6) is 0 Å². The maximum Gasteiger partial charge on any atom is 0.313 e. The molecule has 2 unspecified atom stereocenters. The van der Waals surface area contributed by atoms with Crippen LogP contribution in [0.15, 0.2) is 18.2 Å². The third-order valence-corrected chi connectivity index (χ3v) is 4.51. The minimum atomic E-state index is -0.240. The topological polar surface area (TPSA) is 47.6 Å². The largest absolute Gasteiger partial charge is 0.469 e. The van der Waals surface area contributed by atoms with Crippen LogP contribution in [-0.2, 0) is 20.8 Å². The predicted octanol–water partition coefficient (Wildman–Crippen LogP) is 1.94. The molecule has 0 radical (unpaired) electrons. The molecule has 0 spiro atoms. The molecule has 4 atom stereocenters. The summed E-state index contributed by atoms with van der Waals surface area (Å²) in [6, 6.07) is 5.03. The minimum Gasteiger partial charge on any atom is -0.469 e. The van der Waals surface area contributed by atoms with Crippen molar-refractivity contribution in [3.05, 3.63) is 35.1 Å². The number of carbonyl (C=O) groups excluding carboxylic acids is 1. The molecule has 2 aliphatic heterocycles. The van der Waals surface area contributed by atoms with Crippen LogP contribution in [0.2, 0.25) is 0 Å². The van der Waals surface area contributed by atoms with Crippen molar-refractivity contribution < 1.29 is 18.7 Å². The fourth-order valence-corrected chi connectivity index (χ4v) is 3.43. The zero-order valence-electron chi connectivity index (χ0n) is 12.3. The van der Waals surface area contributed by atoms with E-state index in [0.29, 0.717) is 12.1 Å². The van der Waals surface area contributed by atoms with Crippen molar-refractivity contribution >= 4 is 5.97 Å². The molecule has 1 N–H and O–H groups in total. The summed E-state index contributed by atoms with van der Waals surface area (Å²) in [6.07, 6.45) is 1.92. The van der Waals surface area contributed by atoms with Crippen LogP contribution < -0.4 is 5.32 Å². The molecule has 0 aromatic heterocycles. The van der Waals surface area contributed by atoms with Crippen molar-refractivity contribution in [3.8, 4) is 0 Å². The van der Waals surface area contributed by atoms with Gasteiger partial charge in [-0.3, -0.25) is 4.79 Å². The zero-order chi connectivity index (χ0) is 15.0. The van der Waals surface area contributed by atoms with E-state index in [9.17, 15) is 9.18 Å². The first-order valence-electron chi connectivity index (χ1n) is 7.32. The summed E-state index contributed by atoms with van der Waals surface area (Å²) in [4.78, 5) is 11.9. The lowest BCUT2D eigenvalue weighted by atomic mass is 9.84. The first kappa shape index (κ1) is 14.5. The van der Waals surface area contributed by atoms with Crippen molar-refractivity contribution in [1.82, 2.24) is 5.32 Å². The van der Waals surface area contributed by atoms with E-state index in [0.717, 1.165) is 18.4 Å². The van der Waals surface area contributed by atoms with E-state index in [4.69, 9.17) is 9.47 Å². The fraction of sp³-hybridized carbons (Fsp3) is 0.562. The van der Waals surface area contributed by atoms with E-state index in [1.54, 1.807) is 13.0 Å². The zero-order valence-corrected chi connectivity index (χ0v) is 12.3. The van der Waals surface area contributed by atoms with Gasteiger partial charge >= 0.3 is 5.97 Å². The molecule has 1 aromatic rings. The van der Waals surface area contributed by atoms with Gasteiger partial charge in [0.1, 0.15) is 11.7 Å². The number of halogens is 1. The molecule has 1 aromatic carbocycles. The Bertz CT molecular complexity index is 548. The van der Waals surface area contributed by atoms with Crippen LogP contribution in [-0.4, -0.2) is 31.3 Å². The van der Waals surface area contributed by atoms with Crippen molar-refractivity contribution in [2.24, 2.45) is 5.92 Å². The molecule has 2 bridgehead atoms. The Morgan fingerprint density at radius 1 is 1.43 bits per heavy atom. The number of esters is 1. The summed E-state index contributed by atoms with van der Waals surface area (Å²) in [5, 5.41) is 3.39. The molecule has 0 amide bonds. The molecule has 2 saturated heterocycles. The highest BCUT2D eigenvalue weighted by molar-refractivity contribution is 5.74. The lowest BCUT2D eigenvalue weighted by molar-refractivity contribution is -0.147. The van der Waals surface area contributed by atoms with Crippen LogP contribution >= 0.6 is 0 Å².